The number of carbonyl (C=O) groups is 1. The highest BCUT2D eigenvalue weighted by Gasteiger charge is 2.15. The number of rotatable bonds is 5. The Bertz CT molecular complexity index is 745. The van der Waals surface area contributed by atoms with E-state index < -0.39 is 0 Å². The molecule has 0 fully saturated rings. The van der Waals surface area contributed by atoms with Gasteiger partial charge in [-0.05, 0) is 60.2 Å². The molecule has 0 radical (unpaired) electrons. The van der Waals surface area contributed by atoms with Crippen LogP contribution in [0.3, 0.4) is 0 Å². The van der Waals surface area contributed by atoms with Crippen LogP contribution in [-0.4, -0.2) is 12.5 Å². The van der Waals surface area contributed by atoms with Crippen molar-refractivity contribution in [1.82, 2.24) is 0 Å². The molecule has 2 aromatic rings. The molecule has 0 aromatic heterocycles. The number of hydrogen-bond donors (Lipinski definition) is 1. The molecule has 3 nitrogen and oxygen atoms in total. The topological polar surface area (TPSA) is 38.3 Å². The molecule has 2 aromatic carbocycles. The first-order valence-electron chi connectivity index (χ1n) is 8.49. The molecule has 0 bridgehead atoms. The number of nitrogens with one attached hydrogen (secondary N) is 1. The molecule has 3 heteroatoms. The van der Waals surface area contributed by atoms with Crippen molar-refractivity contribution in [2.45, 2.75) is 40.0 Å². The molecule has 0 spiro atoms. The summed E-state index contributed by atoms with van der Waals surface area (Å²) in [5, 5.41) is 2.97. The van der Waals surface area contributed by atoms with Crippen molar-refractivity contribution in [2.24, 2.45) is 0 Å². The predicted molar refractivity (Wildman–Crippen MR) is 105 cm³/mol. The highest BCUT2D eigenvalue weighted by molar-refractivity contribution is 6.04. The van der Waals surface area contributed by atoms with Crippen molar-refractivity contribution in [1.29, 1.82) is 0 Å². The molecule has 0 aliphatic heterocycles. The zero-order valence-electron chi connectivity index (χ0n) is 15.8. The Hall–Kier alpha value is -2.55. The molecular weight excluding hydrogens is 310 g/mol. The predicted octanol–water partition coefficient (Wildman–Crippen LogP) is 5.42. The second-order valence-electron chi connectivity index (χ2n) is 7.32. The van der Waals surface area contributed by atoms with Crippen LogP contribution < -0.4 is 10.1 Å². The fourth-order valence-corrected chi connectivity index (χ4v) is 2.72. The van der Waals surface area contributed by atoms with E-state index in [9.17, 15) is 4.79 Å². The van der Waals surface area contributed by atoms with Crippen LogP contribution in [0.5, 0.6) is 5.75 Å². The first kappa shape index (κ1) is 18.8. The van der Waals surface area contributed by atoms with Crippen LogP contribution in [0.15, 0.2) is 49.1 Å². The van der Waals surface area contributed by atoms with E-state index in [2.05, 4.69) is 32.7 Å². The van der Waals surface area contributed by atoms with Gasteiger partial charge in [-0.25, -0.2) is 0 Å². The molecular formula is C22H27NO2. The highest BCUT2D eigenvalue weighted by Crippen LogP contribution is 2.28. The fourth-order valence-electron chi connectivity index (χ4n) is 2.72. The zero-order chi connectivity index (χ0) is 18.6. The van der Waals surface area contributed by atoms with Gasteiger partial charge in [0.25, 0.3) is 5.91 Å². The fraction of sp³-hybridized carbons (Fsp3) is 0.318. The summed E-state index contributed by atoms with van der Waals surface area (Å²) >= 11 is 0. The van der Waals surface area contributed by atoms with E-state index in [1.807, 2.05) is 50.2 Å². The largest absolute Gasteiger partial charge is 0.489 e. The second kappa shape index (κ2) is 7.56. The monoisotopic (exact) mass is 337 g/mol. The normalized spacial score (nSPS) is 11.1. The lowest BCUT2D eigenvalue weighted by atomic mass is 9.87. The molecule has 2 rings (SSSR count). The summed E-state index contributed by atoms with van der Waals surface area (Å²) in [4.78, 5) is 12.5. The Morgan fingerprint density at radius 1 is 1.12 bits per heavy atom. The maximum absolute atomic E-state index is 12.5. The van der Waals surface area contributed by atoms with Crippen molar-refractivity contribution in [3.05, 3.63) is 71.3 Å². The van der Waals surface area contributed by atoms with E-state index in [0.29, 0.717) is 12.2 Å². The van der Waals surface area contributed by atoms with Gasteiger partial charge >= 0.3 is 0 Å². The van der Waals surface area contributed by atoms with Gasteiger partial charge in [0.15, 0.2) is 0 Å². The number of amides is 1. The third kappa shape index (κ3) is 4.72. The molecule has 0 atom stereocenters. The van der Waals surface area contributed by atoms with E-state index >= 15 is 0 Å². The van der Waals surface area contributed by atoms with Crippen molar-refractivity contribution in [3.63, 3.8) is 0 Å². The van der Waals surface area contributed by atoms with Gasteiger partial charge in [0.05, 0.1) is 0 Å². The van der Waals surface area contributed by atoms with E-state index in [1.165, 1.54) is 5.56 Å². The van der Waals surface area contributed by atoms with Gasteiger partial charge in [-0.15, -0.1) is 0 Å². The third-order valence-electron chi connectivity index (χ3n) is 4.08. The molecule has 132 valence electrons. The van der Waals surface area contributed by atoms with Crippen LogP contribution in [0.4, 0.5) is 5.69 Å². The SMILES string of the molecule is C=CCOc1c(C)cc(NC(=O)c2ccc(C(C)(C)C)cc2)cc1C. The zero-order valence-corrected chi connectivity index (χ0v) is 15.8. The Morgan fingerprint density at radius 3 is 2.16 bits per heavy atom. The smallest absolute Gasteiger partial charge is 0.255 e. The number of ether oxygens (including phenoxy) is 1. The maximum atomic E-state index is 12.5. The van der Waals surface area contributed by atoms with E-state index in [-0.39, 0.29) is 11.3 Å². The number of hydrogen-bond acceptors (Lipinski definition) is 2. The van der Waals surface area contributed by atoms with Crippen LogP contribution in [0.25, 0.3) is 0 Å². The van der Waals surface area contributed by atoms with E-state index in [4.69, 9.17) is 4.74 Å². The Kier molecular flexibility index (Phi) is 5.68. The Morgan fingerprint density at radius 2 is 1.68 bits per heavy atom. The number of aryl methyl sites for hydroxylation is 2. The van der Waals surface area contributed by atoms with Gasteiger partial charge in [0, 0.05) is 11.3 Å². The lowest BCUT2D eigenvalue weighted by Crippen LogP contribution is -2.14. The Labute approximate surface area is 150 Å². The van der Waals surface area contributed by atoms with E-state index in [0.717, 1.165) is 22.6 Å². The summed E-state index contributed by atoms with van der Waals surface area (Å²) in [6.45, 7) is 14.5. The number of carbonyl (C=O) groups excluding carboxylic acids is 1. The molecule has 25 heavy (non-hydrogen) atoms. The van der Waals surface area contributed by atoms with Gasteiger partial charge in [-0.1, -0.05) is 45.6 Å². The lowest BCUT2D eigenvalue weighted by Gasteiger charge is -2.19. The quantitative estimate of drug-likeness (QED) is 0.740. The molecule has 0 saturated heterocycles. The summed E-state index contributed by atoms with van der Waals surface area (Å²) < 4.78 is 5.68. The standard InChI is InChI=1S/C22H27NO2/c1-7-12-25-20-15(2)13-19(14-16(20)3)23-21(24)17-8-10-18(11-9-17)22(4,5)6/h7-11,13-14H,1,12H2,2-6H3,(H,23,24). The van der Waals surface area contributed by atoms with Crippen LogP contribution in [0, 0.1) is 13.8 Å². The molecule has 0 unspecified atom stereocenters. The summed E-state index contributed by atoms with van der Waals surface area (Å²) in [5.74, 6) is 0.728. The molecule has 1 N–H and O–H groups in total. The molecule has 0 aliphatic carbocycles. The summed E-state index contributed by atoms with van der Waals surface area (Å²) in [6, 6.07) is 11.6. The van der Waals surface area contributed by atoms with Crippen LogP contribution in [-0.2, 0) is 5.41 Å². The van der Waals surface area contributed by atoms with Gasteiger partial charge in [-0.3, -0.25) is 4.79 Å². The van der Waals surface area contributed by atoms with Crippen molar-refractivity contribution in [3.8, 4) is 5.75 Å². The minimum Gasteiger partial charge on any atom is -0.489 e. The minimum absolute atomic E-state index is 0.0739. The molecule has 0 saturated carbocycles. The van der Waals surface area contributed by atoms with Crippen LogP contribution in [0.1, 0.15) is 47.8 Å². The average Bonchev–Trinajstić information content (AvgIpc) is 2.53. The van der Waals surface area contributed by atoms with Gasteiger partial charge in [-0.2, -0.15) is 0 Å². The summed E-state index contributed by atoms with van der Waals surface area (Å²) in [5.41, 5.74) is 4.67. The third-order valence-corrected chi connectivity index (χ3v) is 4.08. The molecule has 0 heterocycles. The number of anilines is 1. The minimum atomic E-state index is -0.112. The summed E-state index contributed by atoms with van der Waals surface area (Å²) in [7, 11) is 0. The van der Waals surface area contributed by atoms with Crippen LogP contribution in [0.2, 0.25) is 0 Å². The van der Waals surface area contributed by atoms with Gasteiger partial charge in [0.1, 0.15) is 12.4 Å². The maximum Gasteiger partial charge on any atom is 0.255 e. The van der Waals surface area contributed by atoms with Gasteiger partial charge in [0.2, 0.25) is 0 Å². The summed E-state index contributed by atoms with van der Waals surface area (Å²) in [6.07, 6.45) is 1.72. The highest BCUT2D eigenvalue weighted by atomic mass is 16.5. The Balaban J connectivity index is 2.16. The molecule has 0 aliphatic rings. The lowest BCUT2D eigenvalue weighted by molar-refractivity contribution is 0.102. The van der Waals surface area contributed by atoms with Gasteiger partial charge < -0.3 is 10.1 Å². The number of benzene rings is 2. The van der Waals surface area contributed by atoms with Crippen molar-refractivity contribution in [2.75, 3.05) is 11.9 Å². The molecule has 1 amide bonds. The average molecular weight is 337 g/mol. The van der Waals surface area contributed by atoms with Crippen molar-refractivity contribution >= 4 is 11.6 Å². The second-order valence-corrected chi connectivity index (χ2v) is 7.32. The van der Waals surface area contributed by atoms with E-state index in [1.54, 1.807) is 6.08 Å². The first-order valence-corrected chi connectivity index (χ1v) is 8.49. The first-order chi connectivity index (χ1) is 11.7. The van der Waals surface area contributed by atoms with Crippen LogP contribution >= 0.6 is 0 Å². The van der Waals surface area contributed by atoms with Crippen molar-refractivity contribution < 1.29 is 9.53 Å².